The molecule has 1 aromatic heterocycles. The van der Waals surface area contributed by atoms with Crippen LogP contribution in [0, 0.1) is 11.3 Å². The van der Waals surface area contributed by atoms with Crippen molar-refractivity contribution >= 4 is 41.6 Å². The van der Waals surface area contributed by atoms with Gasteiger partial charge in [0.2, 0.25) is 0 Å². The fourth-order valence-corrected chi connectivity index (χ4v) is 3.89. The van der Waals surface area contributed by atoms with E-state index in [2.05, 4.69) is 35.1 Å². The van der Waals surface area contributed by atoms with Gasteiger partial charge in [-0.3, -0.25) is 4.79 Å². The van der Waals surface area contributed by atoms with Crippen LogP contribution >= 0.6 is 26.6 Å². The fraction of sp³-hybridized carbons (Fsp3) is 0.545. The van der Waals surface area contributed by atoms with E-state index in [0.29, 0.717) is 12.5 Å². The van der Waals surface area contributed by atoms with Gasteiger partial charge in [0.25, 0.3) is 15.0 Å². The van der Waals surface area contributed by atoms with Crippen molar-refractivity contribution in [1.82, 2.24) is 5.32 Å². The third kappa shape index (κ3) is 3.32. The van der Waals surface area contributed by atoms with Gasteiger partial charge in [-0.1, -0.05) is 13.8 Å². The molecule has 1 aromatic rings. The summed E-state index contributed by atoms with van der Waals surface area (Å²) in [6.07, 6.45) is 1.07. The maximum atomic E-state index is 11.8. The lowest BCUT2D eigenvalue weighted by Crippen LogP contribution is -2.26. The third-order valence-electron chi connectivity index (χ3n) is 3.37. The molecule has 106 valence electrons. The van der Waals surface area contributed by atoms with Crippen LogP contribution in [-0.4, -0.2) is 20.9 Å². The molecule has 1 atom stereocenters. The molecule has 1 unspecified atom stereocenters. The van der Waals surface area contributed by atoms with E-state index in [4.69, 9.17) is 15.1 Å². The van der Waals surface area contributed by atoms with Gasteiger partial charge < -0.3 is 9.73 Å². The summed E-state index contributed by atoms with van der Waals surface area (Å²) in [7, 11) is 1.28. The number of amides is 1. The van der Waals surface area contributed by atoms with Gasteiger partial charge in [0.05, 0.1) is 0 Å². The van der Waals surface area contributed by atoms with Crippen molar-refractivity contribution < 1.29 is 17.6 Å². The van der Waals surface area contributed by atoms with Crippen molar-refractivity contribution in [2.24, 2.45) is 11.3 Å². The Balaban J connectivity index is 2.04. The maximum absolute atomic E-state index is 11.8. The lowest BCUT2D eigenvalue weighted by atomic mass is 10.1. The summed E-state index contributed by atoms with van der Waals surface area (Å²) in [4.78, 5) is 11.6. The van der Waals surface area contributed by atoms with Gasteiger partial charge in [-0.25, -0.2) is 8.42 Å². The van der Waals surface area contributed by atoms with Gasteiger partial charge in [0.15, 0.2) is 10.4 Å². The predicted molar refractivity (Wildman–Crippen MR) is 73.7 cm³/mol. The SMILES string of the molecule is CC1(C)CC1CNC(=O)c1cc(S(=O)(=O)Cl)c(Br)o1. The smallest absolute Gasteiger partial charge is 0.287 e. The first-order chi connectivity index (χ1) is 8.61. The molecule has 0 saturated heterocycles. The molecule has 8 heteroatoms. The Hall–Kier alpha value is -0.530. The number of nitrogens with one attached hydrogen (secondary N) is 1. The summed E-state index contributed by atoms with van der Waals surface area (Å²) in [6.45, 7) is 4.81. The van der Waals surface area contributed by atoms with Gasteiger partial charge in [-0.2, -0.15) is 0 Å². The molecule has 0 aromatic carbocycles. The monoisotopic (exact) mass is 369 g/mol. The second-order valence-electron chi connectivity index (χ2n) is 5.29. The Kier molecular flexibility index (Phi) is 3.75. The van der Waals surface area contributed by atoms with Crippen molar-refractivity contribution in [2.75, 3.05) is 6.54 Å². The van der Waals surface area contributed by atoms with Crippen LogP contribution in [0.1, 0.15) is 30.8 Å². The van der Waals surface area contributed by atoms with E-state index in [1.807, 2.05) is 0 Å². The number of rotatable bonds is 4. The van der Waals surface area contributed by atoms with Crippen LogP contribution in [0.25, 0.3) is 0 Å². The number of halogens is 2. The van der Waals surface area contributed by atoms with E-state index in [9.17, 15) is 13.2 Å². The lowest BCUT2D eigenvalue weighted by Gasteiger charge is -2.04. The molecule has 0 radical (unpaired) electrons. The number of carbonyl (C=O) groups excluding carboxylic acids is 1. The molecule has 1 fully saturated rings. The Bertz CT molecular complexity index is 623. The van der Waals surface area contributed by atoms with Crippen LogP contribution in [-0.2, 0) is 9.05 Å². The van der Waals surface area contributed by atoms with Crippen LogP contribution in [0.2, 0.25) is 0 Å². The van der Waals surface area contributed by atoms with Crippen molar-refractivity contribution in [2.45, 2.75) is 25.2 Å². The molecule has 1 aliphatic carbocycles. The fourth-order valence-electron chi connectivity index (χ4n) is 1.86. The second-order valence-corrected chi connectivity index (χ2v) is 8.54. The Morgan fingerprint density at radius 2 is 2.21 bits per heavy atom. The molecular weight excluding hydrogens is 358 g/mol. The van der Waals surface area contributed by atoms with Crippen LogP contribution in [0.5, 0.6) is 0 Å². The summed E-state index contributed by atoms with van der Waals surface area (Å²) in [5.74, 6) is -0.0781. The first-order valence-electron chi connectivity index (χ1n) is 5.63. The minimum Gasteiger partial charge on any atom is -0.443 e. The first-order valence-corrected chi connectivity index (χ1v) is 8.74. The zero-order valence-electron chi connectivity index (χ0n) is 10.4. The zero-order valence-corrected chi connectivity index (χ0v) is 13.5. The van der Waals surface area contributed by atoms with Gasteiger partial charge >= 0.3 is 0 Å². The summed E-state index contributed by atoms with van der Waals surface area (Å²) >= 11 is 2.92. The minimum absolute atomic E-state index is 0.0700. The maximum Gasteiger partial charge on any atom is 0.287 e. The predicted octanol–water partition coefficient (Wildman–Crippen LogP) is 2.75. The molecule has 1 saturated carbocycles. The van der Waals surface area contributed by atoms with Crippen LogP contribution < -0.4 is 5.32 Å². The van der Waals surface area contributed by atoms with Crippen LogP contribution in [0.3, 0.4) is 0 Å². The lowest BCUT2D eigenvalue weighted by molar-refractivity contribution is 0.0921. The highest BCUT2D eigenvalue weighted by Crippen LogP contribution is 2.51. The molecule has 1 heterocycles. The molecule has 2 rings (SSSR count). The number of carbonyl (C=O) groups is 1. The molecule has 1 amide bonds. The van der Waals surface area contributed by atoms with E-state index in [1.54, 1.807) is 0 Å². The third-order valence-corrected chi connectivity index (χ3v) is 5.55. The summed E-state index contributed by atoms with van der Waals surface area (Å²) < 4.78 is 27.4. The molecule has 1 aliphatic rings. The van der Waals surface area contributed by atoms with Crippen molar-refractivity contribution in [1.29, 1.82) is 0 Å². The van der Waals surface area contributed by atoms with Gasteiger partial charge in [-0.15, -0.1) is 0 Å². The molecule has 0 bridgehead atoms. The topological polar surface area (TPSA) is 76.4 Å². The van der Waals surface area contributed by atoms with Crippen molar-refractivity contribution in [3.63, 3.8) is 0 Å². The van der Waals surface area contributed by atoms with Crippen LogP contribution in [0.4, 0.5) is 0 Å². The largest absolute Gasteiger partial charge is 0.443 e. The number of hydrogen-bond donors (Lipinski definition) is 1. The van der Waals surface area contributed by atoms with Gasteiger partial charge in [-0.05, 0) is 33.7 Å². The van der Waals surface area contributed by atoms with Gasteiger partial charge in [0, 0.05) is 23.3 Å². The molecule has 5 nitrogen and oxygen atoms in total. The van der Waals surface area contributed by atoms with Crippen molar-refractivity contribution in [3.05, 3.63) is 16.5 Å². The number of furan rings is 1. The average molecular weight is 371 g/mol. The normalized spacial score (nSPS) is 21.2. The summed E-state index contributed by atoms with van der Waals surface area (Å²) in [5, 5.41) is 2.72. The standard InChI is InChI=1S/C11H13BrClNO4S/c1-11(2)4-6(11)5-14-10(15)7-3-8(9(12)18-7)19(13,16)17/h3,6H,4-5H2,1-2H3,(H,14,15). The van der Waals surface area contributed by atoms with Gasteiger partial charge in [0.1, 0.15) is 4.90 Å². The Labute approximate surface area is 124 Å². The Morgan fingerprint density at radius 3 is 2.63 bits per heavy atom. The molecular formula is C11H13BrClNO4S. The minimum atomic E-state index is -3.93. The highest BCUT2D eigenvalue weighted by Gasteiger charge is 2.45. The molecule has 0 spiro atoms. The zero-order chi connectivity index (χ0) is 14.4. The highest BCUT2D eigenvalue weighted by molar-refractivity contribution is 9.10. The Morgan fingerprint density at radius 1 is 1.63 bits per heavy atom. The quantitative estimate of drug-likeness (QED) is 0.827. The van der Waals surface area contributed by atoms with E-state index in [1.165, 1.54) is 0 Å². The molecule has 19 heavy (non-hydrogen) atoms. The average Bonchev–Trinajstić information content (AvgIpc) is 2.69. The second kappa shape index (κ2) is 4.79. The van der Waals surface area contributed by atoms with E-state index < -0.39 is 15.0 Å². The van der Waals surface area contributed by atoms with E-state index in [0.717, 1.165) is 12.5 Å². The summed E-state index contributed by atoms with van der Waals surface area (Å²) in [5.41, 5.74) is 0.266. The summed E-state index contributed by atoms with van der Waals surface area (Å²) in [6, 6.07) is 1.11. The van der Waals surface area contributed by atoms with Crippen LogP contribution in [0.15, 0.2) is 20.0 Å². The first kappa shape index (κ1) is 14.9. The van der Waals surface area contributed by atoms with E-state index >= 15 is 0 Å². The molecule has 0 aliphatic heterocycles. The molecule has 1 N–H and O–H groups in total. The van der Waals surface area contributed by atoms with Crippen molar-refractivity contribution in [3.8, 4) is 0 Å². The number of hydrogen-bond acceptors (Lipinski definition) is 4. The highest BCUT2D eigenvalue weighted by atomic mass is 79.9. The van der Waals surface area contributed by atoms with E-state index in [-0.39, 0.29) is 20.7 Å².